The third-order valence-corrected chi connectivity index (χ3v) is 5.88. The molecule has 2 bridgehead atoms. The highest BCUT2D eigenvalue weighted by Gasteiger charge is 2.51. The number of fused-ring (bicyclic) bond motifs is 2. The van der Waals surface area contributed by atoms with Crippen molar-refractivity contribution in [3.63, 3.8) is 0 Å². The summed E-state index contributed by atoms with van der Waals surface area (Å²) in [4.78, 5) is 15.6. The van der Waals surface area contributed by atoms with Crippen LogP contribution in [0.5, 0.6) is 0 Å². The Labute approximate surface area is 143 Å². The first-order valence-electron chi connectivity index (χ1n) is 8.50. The van der Waals surface area contributed by atoms with E-state index in [4.69, 9.17) is 0 Å². The Morgan fingerprint density at radius 2 is 2.00 bits per heavy atom. The van der Waals surface area contributed by atoms with Crippen molar-refractivity contribution in [2.75, 3.05) is 13.1 Å². The van der Waals surface area contributed by atoms with Crippen LogP contribution in [0, 0.1) is 5.82 Å². The summed E-state index contributed by atoms with van der Waals surface area (Å²) in [5.41, 5.74) is 0.410. The average molecular weight is 339 g/mol. The fourth-order valence-corrected chi connectivity index (χ4v) is 4.50. The lowest BCUT2D eigenvalue weighted by molar-refractivity contribution is -0.143. The van der Waals surface area contributed by atoms with Gasteiger partial charge in [-0.2, -0.15) is 0 Å². The smallest absolute Gasteiger partial charge is 0.233 e. The molecule has 1 N–H and O–H groups in total. The molecule has 3 aliphatic rings. The SMILES string of the molecule is Cl.O=C(N1C2CCNCC1CC2)C1(c2cccc(F)c2)CCC1. The van der Waals surface area contributed by atoms with Gasteiger partial charge >= 0.3 is 0 Å². The summed E-state index contributed by atoms with van der Waals surface area (Å²) >= 11 is 0. The zero-order valence-electron chi connectivity index (χ0n) is 13.3. The van der Waals surface area contributed by atoms with E-state index in [0.717, 1.165) is 57.2 Å². The van der Waals surface area contributed by atoms with Crippen LogP contribution in [-0.2, 0) is 10.2 Å². The number of carbonyl (C=O) groups excluding carboxylic acids is 1. The van der Waals surface area contributed by atoms with E-state index in [1.165, 1.54) is 6.07 Å². The minimum absolute atomic E-state index is 0. The zero-order chi connectivity index (χ0) is 15.2. The summed E-state index contributed by atoms with van der Waals surface area (Å²) in [5, 5.41) is 3.45. The van der Waals surface area contributed by atoms with Crippen LogP contribution in [0.3, 0.4) is 0 Å². The molecule has 2 atom stereocenters. The highest BCUT2D eigenvalue weighted by atomic mass is 35.5. The standard InChI is InChI=1S/C18H23FN2O.ClH/c19-14-4-1-3-13(11-14)18(8-2-9-18)17(22)21-15-5-6-16(21)12-20-10-7-15;/h1,3-4,11,15-16,20H,2,5-10,12H2;1H. The molecule has 4 rings (SSSR count). The van der Waals surface area contributed by atoms with Gasteiger partial charge in [0.05, 0.1) is 5.41 Å². The summed E-state index contributed by atoms with van der Waals surface area (Å²) < 4.78 is 13.7. The molecule has 2 aliphatic heterocycles. The highest BCUT2D eigenvalue weighted by molar-refractivity contribution is 5.90. The Morgan fingerprint density at radius 1 is 1.22 bits per heavy atom. The van der Waals surface area contributed by atoms with Crippen molar-refractivity contribution in [3.05, 3.63) is 35.6 Å². The molecular formula is C18H24ClFN2O. The average Bonchev–Trinajstić information content (AvgIpc) is 2.71. The molecule has 23 heavy (non-hydrogen) atoms. The monoisotopic (exact) mass is 338 g/mol. The topological polar surface area (TPSA) is 32.3 Å². The molecule has 5 heteroatoms. The number of hydrogen-bond donors (Lipinski definition) is 1. The van der Waals surface area contributed by atoms with Gasteiger partial charge < -0.3 is 10.2 Å². The van der Waals surface area contributed by atoms with Crippen LogP contribution in [0.4, 0.5) is 4.39 Å². The van der Waals surface area contributed by atoms with Crippen molar-refractivity contribution >= 4 is 18.3 Å². The van der Waals surface area contributed by atoms with Gasteiger partial charge in [-0.25, -0.2) is 4.39 Å². The number of hydrogen-bond acceptors (Lipinski definition) is 2. The molecule has 1 amide bonds. The van der Waals surface area contributed by atoms with E-state index >= 15 is 0 Å². The Morgan fingerprint density at radius 3 is 2.70 bits per heavy atom. The first-order valence-corrected chi connectivity index (χ1v) is 8.50. The third-order valence-electron chi connectivity index (χ3n) is 5.88. The van der Waals surface area contributed by atoms with Crippen LogP contribution in [0.15, 0.2) is 24.3 Å². The van der Waals surface area contributed by atoms with E-state index in [2.05, 4.69) is 10.2 Å². The van der Waals surface area contributed by atoms with Gasteiger partial charge in [0, 0.05) is 18.6 Å². The van der Waals surface area contributed by atoms with Gasteiger partial charge in [0.1, 0.15) is 5.82 Å². The van der Waals surface area contributed by atoms with Gasteiger partial charge in [-0.15, -0.1) is 12.4 Å². The van der Waals surface area contributed by atoms with Gasteiger partial charge in [-0.05, 0) is 56.3 Å². The molecular weight excluding hydrogens is 315 g/mol. The van der Waals surface area contributed by atoms with Crippen molar-refractivity contribution in [2.24, 2.45) is 0 Å². The minimum Gasteiger partial charge on any atom is -0.335 e. The van der Waals surface area contributed by atoms with E-state index in [-0.39, 0.29) is 24.1 Å². The Balaban J connectivity index is 0.00000156. The Hall–Kier alpha value is -1.13. The van der Waals surface area contributed by atoms with Gasteiger partial charge in [-0.1, -0.05) is 18.6 Å². The van der Waals surface area contributed by atoms with E-state index in [1.54, 1.807) is 12.1 Å². The Bertz CT molecular complexity index is 576. The Kier molecular flexibility index (Phi) is 4.65. The van der Waals surface area contributed by atoms with Gasteiger partial charge in [0.2, 0.25) is 5.91 Å². The summed E-state index contributed by atoms with van der Waals surface area (Å²) in [6, 6.07) is 7.38. The van der Waals surface area contributed by atoms with Crippen molar-refractivity contribution in [3.8, 4) is 0 Å². The number of carbonyl (C=O) groups is 1. The summed E-state index contributed by atoms with van der Waals surface area (Å²) in [7, 11) is 0. The lowest BCUT2D eigenvalue weighted by Crippen LogP contribution is -2.55. The molecule has 1 saturated carbocycles. The molecule has 1 aromatic carbocycles. The minimum atomic E-state index is -0.465. The van der Waals surface area contributed by atoms with E-state index in [9.17, 15) is 9.18 Å². The second-order valence-electron chi connectivity index (χ2n) is 7.04. The lowest BCUT2D eigenvalue weighted by Gasteiger charge is -2.45. The maximum atomic E-state index is 13.7. The molecule has 3 fully saturated rings. The maximum absolute atomic E-state index is 13.7. The van der Waals surface area contributed by atoms with Gasteiger partial charge in [0.25, 0.3) is 0 Å². The molecule has 1 aromatic rings. The molecule has 2 heterocycles. The second-order valence-corrected chi connectivity index (χ2v) is 7.04. The number of amides is 1. The van der Waals surface area contributed by atoms with Crippen LogP contribution in [0.1, 0.15) is 44.1 Å². The molecule has 2 unspecified atom stereocenters. The van der Waals surface area contributed by atoms with Crippen LogP contribution < -0.4 is 5.32 Å². The molecule has 1 aliphatic carbocycles. The van der Waals surface area contributed by atoms with Crippen molar-refractivity contribution in [1.29, 1.82) is 0 Å². The molecule has 126 valence electrons. The van der Waals surface area contributed by atoms with E-state index in [0.29, 0.717) is 12.1 Å². The number of nitrogens with zero attached hydrogens (tertiary/aromatic N) is 1. The first-order chi connectivity index (χ1) is 10.7. The number of rotatable bonds is 2. The molecule has 3 nitrogen and oxygen atoms in total. The summed E-state index contributed by atoms with van der Waals surface area (Å²) in [6.45, 7) is 1.90. The second kappa shape index (κ2) is 6.40. The van der Waals surface area contributed by atoms with Gasteiger partial charge in [-0.3, -0.25) is 4.79 Å². The molecule has 0 radical (unpaired) electrons. The fraction of sp³-hybridized carbons (Fsp3) is 0.611. The first kappa shape index (κ1) is 16.7. The van der Waals surface area contributed by atoms with Crippen molar-refractivity contribution < 1.29 is 9.18 Å². The molecule has 0 aromatic heterocycles. The van der Waals surface area contributed by atoms with Crippen LogP contribution in [0.2, 0.25) is 0 Å². The molecule has 0 spiro atoms. The number of benzene rings is 1. The quantitative estimate of drug-likeness (QED) is 0.899. The maximum Gasteiger partial charge on any atom is 0.233 e. The van der Waals surface area contributed by atoms with Crippen LogP contribution >= 0.6 is 12.4 Å². The fourth-order valence-electron chi connectivity index (χ4n) is 4.50. The van der Waals surface area contributed by atoms with Crippen LogP contribution in [0.25, 0.3) is 0 Å². The highest BCUT2D eigenvalue weighted by Crippen LogP contribution is 2.47. The predicted octanol–water partition coefficient (Wildman–Crippen LogP) is 3.02. The predicted molar refractivity (Wildman–Crippen MR) is 90.3 cm³/mol. The number of nitrogens with one attached hydrogen (secondary N) is 1. The van der Waals surface area contributed by atoms with Crippen molar-refractivity contribution in [2.45, 2.75) is 56.0 Å². The molecule has 2 saturated heterocycles. The summed E-state index contributed by atoms with van der Waals surface area (Å²) in [5.74, 6) is 0.0117. The largest absolute Gasteiger partial charge is 0.335 e. The third kappa shape index (κ3) is 2.66. The van der Waals surface area contributed by atoms with E-state index < -0.39 is 5.41 Å². The van der Waals surface area contributed by atoms with Crippen molar-refractivity contribution in [1.82, 2.24) is 10.2 Å². The normalized spacial score (nSPS) is 28.5. The lowest BCUT2D eigenvalue weighted by atomic mass is 9.63. The summed E-state index contributed by atoms with van der Waals surface area (Å²) in [6.07, 6.45) is 6.04. The van der Waals surface area contributed by atoms with Gasteiger partial charge in [0.15, 0.2) is 0 Å². The van der Waals surface area contributed by atoms with Crippen LogP contribution in [-0.4, -0.2) is 36.0 Å². The van der Waals surface area contributed by atoms with E-state index in [1.807, 2.05) is 6.07 Å². The zero-order valence-corrected chi connectivity index (χ0v) is 14.1. The number of halogens is 2.